The molecule has 0 aromatic heterocycles. The number of hydrogen-bond acceptors (Lipinski definition) is 2. The summed E-state index contributed by atoms with van der Waals surface area (Å²) in [4.78, 5) is 11.4. The largest absolute Gasteiger partial charge is 0.482 e. The summed E-state index contributed by atoms with van der Waals surface area (Å²) >= 11 is 5.99. The van der Waals surface area contributed by atoms with Crippen LogP contribution in [0.1, 0.15) is 29.8 Å². The van der Waals surface area contributed by atoms with Crippen molar-refractivity contribution >= 4 is 34.4 Å². The highest BCUT2D eigenvalue weighted by molar-refractivity contribution is 6.31. The van der Waals surface area contributed by atoms with E-state index in [4.69, 9.17) is 16.3 Å². The number of hydrogen-bond donors (Lipinski definition) is 1. The maximum atomic E-state index is 11.4. The minimum absolute atomic E-state index is 0.224. The Labute approximate surface area is 121 Å². The quantitative estimate of drug-likeness (QED) is 0.847. The fourth-order valence-electron chi connectivity index (χ4n) is 2.39. The Balaban J connectivity index is 2.40. The standard InChI is InChI=1S/C16H13ClO3/c1-16(2)6-5-12-13(15(18)19)8-9-7-10(17)3-4-11(9)14(12)20-16/h3-8H,1-2H3,(H,18,19). The summed E-state index contributed by atoms with van der Waals surface area (Å²) in [6.07, 6.45) is 3.68. The second kappa shape index (κ2) is 4.25. The minimum Gasteiger partial charge on any atom is -0.482 e. The van der Waals surface area contributed by atoms with Crippen LogP contribution in [-0.2, 0) is 0 Å². The van der Waals surface area contributed by atoms with Crippen LogP contribution in [0.4, 0.5) is 0 Å². The first-order chi connectivity index (χ1) is 9.37. The van der Waals surface area contributed by atoms with Crippen molar-refractivity contribution in [3.05, 3.63) is 46.5 Å². The van der Waals surface area contributed by atoms with Gasteiger partial charge in [0.25, 0.3) is 0 Å². The van der Waals surface area contributed by atoms with E-state index in [1.807, 2.05) is 32.1 Å². The molecule has 1 aliphatic rings. The van der Waals surface area contributed by atoms with Crippen molar-refractivity contribution in [3.63, 3.8) is 0 Å². The molecule has 4 heteroatoms. The molecule has 20 heavy (non-hydrogen) atoms. The third kappa shape index (κ3) is 2.04. The second-order valence-corrected chi connectivity index (χ2v) is 5.81. The van der Waals surface area contributed by atoms with Crippen LogP contribution in [0.3, 0.4) is 0 Å². The van der Waals surface area contributed by atoms with Gasteiger partial charge in [-0.3, -0.25) is 0 Å². The molecule has 0 amide bonds. The molecule has 0 spiro atoms. The number of aromatic carboxylic acids is 1. The third-order valence-corrected chi connectivity index (χ3v) is 3.57. The third-order valence-electron chi connectivity index (χ3n) is 3.34. The van der Waals surface area contributed by atoms with E-state index in [2.05, 4.69) is 0 Å². The van der Waals surface area contributed by atoms with Crippen LogP contribution in [0.25, 0.3) is 16.8 Å². The summed E-state index contributed by atoms with van der Waals surface area (Å²) in [7, 11) is 0. The van der Waals surface area contributed by atoms with E-state index in [-0.39, 0.29) is 5.56 Å². The highest BCUT2D eigenvalue weighted by Gasteiger charge is 2.27. The second-order valence-electron chi connectivity index (χ2n) is 5.38. The molecule has 2 aromatic rings. The molecular weight excluding hydrogens is 276 g/mol. The molecular formula is C16H13ClO3. The first-order valence-electron chi connectivity index (χ1n) is 6.25. The van der Waals surface area contributed by atoms with Crippen molar-refractivity contribution in [2.24, 2.45) is 0 Å². The zero-order valence-electron chi connectivity index (χ0n) is 11.1. The molecule has 102 valence electrons. The van der Waals surface area contributed by atoms with Gasteiger partial charge in [-0.1, -0.05) is 17.7 Å². The predicted molar refractivity (Wildman–Crippen MR) is 79.7 cm³/mol. The van der Waals surface area contributed by atoms with E-state index in [0.29, 0.717) is 16.3 Å². The van der Waals surface area contributed by atoms with Crippen LogP contribution in [0.5, 0.6) is 5.75 Å². The van der Waals surface area contributed by atoms with Gasteiger partial charge in [0.2, 0.25) is 0 Å². The van der Waals surface area contributed by atoms with Gasteiger partial charge in [0.05, 0.1) is 5.56 Å². The first kappa shape index (κ1) is 13.0. The van der Waals surface area contributed by atoms with Crippen LogP contribution in [0.2, 0.25) is 5.02 Å². The molecule has 1 heterocycles. The van der Waals surface area contributed by atoms with E-state index in [9.17, 15) is 9.90 Å². The van der Waals surface area contributed by atoms with Crippen LogP contribution < -0.4 is 4.74 Å². The molecule has 3 rings (SSSR count). The number of benzene rings is 2. The Kier molecular flexibility index (Phi) is 2.76. The number of halogens is 1. The van der Waals surface area contributed by atoms with Crippen LogP contribution in [0, 0.1) is 0 Å². The SMILES string of the molecule is CC1(C)C=Cc2c(C(=O)O)cc3cc(Cl)ccc3c2O1. The van der Waals surface area contributed by atoms with Crippen LogP contribution in [0.15, 0.2) is 30.3 Å². The Morgan fingerprint density at radius 1 is 1.30 bits per heavy atom. The first-order valence-corrected chi connectivity index (χ1v) is 6.63. The maximum Gasteiger partial charge on any atom is 0.336 e. The van der Waals surface area contributed by atoms with Gasteiger partial charge in [0.15, 0.2) is 0 Å². The summed E-state index contributed by atoms with van der Waals surface area (Å²) in [6, 6.07) is 7.02. The lowest BCUT2D eigenvalue weighted by Crippen LogP contribution is -2.28. The van der Waals surface area contributed by atoms with Crippen molar-refractivity contribution in [3.8, 4) is 5.75 Å². The van der Waals surface area contributed by atoms with Crippen LogP contribution in [-0.4, -0.2) is 16.7 Å². The molecule has 0 atom stereocenters. The van der Waals surface area contributed by atoms with Gasteiger partial charge < -0.3 is 9.84 Å². The molecule has 0 radical (unpaired) electrons. The Hall–Kier alpha value is -2.00. The average molecular weight is 289 g/mol. The highest BCUT2D eigenvalue weighted by atomic mass is 35.5. The topological polar surface area (TPSA) is 46.5 Å². The van der Waals surface area contributed by atoms with E-state index in [0.717, 1.165) is 10.8 Å². The minimum atomic E-state index is -0.976. The predicted octanol–water partition coefficient (Wildman–Crippen LogP) is 4.38. The summed E-state index contributed by atoms with van der Waals surface area (Å²) < 4.78 is 5.97. The van der Waals surface area contributed by atoms with Crippen molar-refractivity contribution in [1.29, 1.82) is 0 Å². The van der Waals surface area contributed by atoms with Crippen molar-refractivity contribution in [2.45, 2.75) is 19.4 Å². The van der Waals surface area contributed by atoms with Crippen molar-refractivity contribution in [1.82, 2.24) is 0 Å². The molecule has 0 saturated carbocycles. The zero-order valence-corrected chi connectivity index (χ0v) is 11.9. The molecule has 3 nitrogen and oxygen atoms in total. The number of fused-ring (bicyclic) bond motifs is 3. The molecule has 1 aliphatic heterocycles. The lowest BCUT2D eigenvalue weighted by Gasteiger charge is -2.29. The number of rotatable bonds is 1. The highest BCUT2D eigenvalue weighted by Crippen LogP contribution is 2.40. The van der Waals surface area contributed by atoms with Gasteiger partial charge in [-0.15, -0.1) is 0 Å². The van der Waals surface area contributed by atoms with Crippen LogP contribution >= 0.6 is 11.6 Å². The van der Waals surface area contributed by atoms with Gasteiger partial charge in [-0.05, 0) is 49.6 Å². The van der Waals surface area contributed by atoms with Gasteiger partial charge in [0.1, 0.15) is 11.4 Å². The lowest BCUT2D eigenvalue weighted by atomic mass is 9.94. The maximum absolute atomic E-state index is 11.4. The number of carboxylic acids is 1. The Morgan fingerprint density at radius 2 is 2.05 bits per heavy atom. The van der Waals surface area contributed by atoms with E-state index in [1.54, 1.807) is 18.2 Å². The van der Waals surface area contributed by atoms with Gasteiger partial charge in [-0.25, -0.2) is 4.79 Å². The van der Waals surface area contributed by atoms with Gasteiger partial charge >= 0.3 is 5.97 Å². The number of carboxylic acid groups (broad SMARTS) is 1. The summed E-state index contributed by atoms with van der Waals surface area (Å²) in [5.74, 6) is -0.375. The summed E-state index contributed by atoms with van der Waals surface area (Å²) in [5, 5.41) is 11.6. The van der Waals surface area contributed by atoms with Gasteiger partial charge in [-0.2, -0.15) is 0 Å². The average Bonchev–Trinajstić information content (AvgIpc) is 2.36. The van der Waals surface area contributed by atoms with E-state index in [1.165, 1.54) is 0 Å². The molecule has 0 unspecified atom stereocenters. The Morgan fingerprint density at radius 3 is 2.75 bits per heavy atom. The van der Waals surface area contributed by atoms with Crippen molar-refractivity contribution < 1.29 is 14.6 Å². The lowest BCUT2D eigenvalue weighted by molar-refractivity contribution is 0.0695. The summed E-state index contributed by atoms with van der Waals surface area (Å²) in [5.41, 5.74) is 0.365. The normalized spacial score (nSPS) is 15.8. The fourth-order valence-corrected chi connectivity index (χ4v) is 2.57. The molecule has 0 fully saturated rings. The molecule has 0 saturated heterocycles. The smallest absolute Gasteiger partial charge is 0.336 e. The summed E-state index contributed by atoms with van der Waals surface area (Å²) in [6.45, 7) is 3.86. The number of ether oxygens (including phenoxy) is 1. The Bertz CT molecular complexity index is 760. The molecule has 1 N–H and O–H groups in total. The van der Waals surface area contributed by atoms with E-state index >= 15 is 0 Å². The van der Waals surface area contributed by atoms with Gasteiger partial charge in [0, 0.05) is 16.0 Å². The van der Waals surface area contributed by atoms with Crippen molar-refractivity contribution in [2.75, 3.05) is 0 Å². The van der Waals surface area contributed by atoms with E-state index < -0.39 is 11.6 Å². The zero-order chi connectivity index (χ0) is 14.5. The molecule has 0 bridgehead atoms. The molecule has 0 aliphatic carbocycles. The fraction of sp³-hybridized carbons (Fsp3) is 0.188. The monoisotopic (exact) mass is 288 g/mol. The molecule has 2 aromatic carbocycles. The number of carbonyl (C=O) groups is 1.